The van der Waals surface area contributed by atoms with Crippen LogP contribution in [0.1, 0.15) is 12.0 Å². The van der Waals surface area contributed by atoms with E-state index in [-0.39, 0.29) is 41.2 Å². The Morgan fingerprint density at radius 1 is 1.14 bits per heavy atom. The number of anilines is 1. The molecule has 0 radical (unpaired) electrons. The summed E-state index contributed by atoms with van der Waals surface area (Å²) in [6.07, 6.45) is 4.92. The van der Waals surface area contributed by atoms with Gasteiger partial charge in [-0.05, 0) is 31.2 Å². The SMILES string of the molecule is Cc1ccc(N2C(=O)C3C4C=CC(C4)C3C2=O)cc1[N+](=O)[O-]. The maximum Gasteiger partial charge on any atom is 0.274 e. The number of nitrogens with zero attached hydrogens (tertiary/aromatic N) is 2. The van der Waals surface area contributed by atoms with Crippen LogP contribution in [0, 0.1) is 40.7 Å². The molecule has 0 N–H and O–H groups in total. The first kappa shape index (κ1) is 13.2. The normalized spacial score (nSPS) is 32.0. The molecular formula is C16H14N2O4. The van der Waals surface area contributed by atoms with Gasteiger partial charge < -0.3 is 0 Å². The number of rotatable bonds is 2. The molecule has 4 atom stereocenters. The maximum atomic E-state index is 12.7. The van der Waals surface area contributed by atoms with Gasteiger partial charge in [0.15, 0.2) is 0 Å². The van der Waals surface area contributed by atoms with Gasteiger partial charge in [-0.1, -0.05) is 18.2 Å². The Balaban J connectivity index is 1.76. The number of fused-ring (bicyclic) bond motifs is 5. The second kappa shape index (κ2) is 4.25. The van der Waals surface area contributed by atoms with Crippen LogP contribution >= 0.6 is 0 Å². The van der Waals surface area contributed by atoms with Gasteiger partial charge in [0.1, 0.15) is 0 Å². The predicted molar refractivity (Wildman–Crippen MR) is 78.0 cm³/mol. The summed E-state index contributed by atoms with van der Waals surface area (Å²) in [6.45, 7) is 1.63. The van der Waals surface area contributed by atoms with Crippen LogP contribution in [0.5, 0.6) is 0 Å². The highest BCUT2D eigenvalue weighted by molar-refractivity contribution is 6.22. The fraction of sp³-hybridized carbons (Fsp3) is 0.375. The van der Waals surface area contributed by atoms with Gasteiger partial charge >= 0.3 is 0 Å². The lowest BCUT2D eigenvalue weighted by atomic mass is 9.85. The Labute approximate surface area is 126 Å². The molecule has 1 saturated heterocycles. The molecule has 22 heavy (non-hydrogen) atoms. The highest BCUT2D eigenvalue weighted by Crippen LogP contribution is 2.53. The van der Waals surface area contributed by atoms with Gasteiger partial charge in [-0.3, -0.25) is 19.7 Å². The molecule has 0 spiro atoms. The number of amides is 2. The lowest BCUT2D eigenvalue weighted by Crippen LogP contribution is -2.32. The molecule has 3 aliphatic rings. The first-order valence-electron chi connectivity index (χ1n) is 7.30. The molecule has 6 heteroatoms. The predicted octanol–water partition coefficient (Wildman–Crippen LogP) is 2.21. The Morgan fingerprint density at radius 3 is 2.27 bits per heavy atom. The molecule has 0 aromatic heterocycles. The molecule has 2 fully saturated rings. The van der Waals surface area contributed by atoms with Crippen molar-refractivity contribution in [3.05, 3.63) is 46.0 Å². The van der Waals surface area contributed by atoms with Crippen molar-refractivity contribution in [1.29, 1.82) is 0 Å². The Hall–Kier alpha value is -2.50. The quantitative estimate of drug-likeness (QED) is 0.363. The van der Waals surface area contributed by atoms with Crippen LogP contribution in [0.4, 0.5) is 11.4 Å². The molecule has 112 valence electrons. The summed E-state index contributed by atoms with van der Waals surface area (Å²) in [5.41, 5.74) is 0.743. The summed E-state index contributed by atoms with van der Waals surface area (Å²) in [6, 6.07) is 4.50. The second-order valence-corrected chi connectivity index (χ2v) is 6.24. The standard InChI is InChI=1S/C16H14N2O4/c1-8-2-5-11(7-12(8)18(21)22)17-15(19)13-9-3-4-10(6-9)14(13)16(17)20/h2-5,7,9-10,13-14H,6H2,1H3. The number of benzene rings is 1. The number of hydrogen-bond acceptors (Lipinski definition) is 4. The van der Waals surface area contributed by atoms with E-state index in [1.807, 2.05) is 12.2 Å². The van der Waals surface area contributed by atoms with Crippen LogP contribution in [0.25, 0.3) is 0 Å². The molecule has 4 rings (SSSR count). The molecule has 2 bridgehead atoms. The van der Waals surface area contributed by atoms with E-state index in [1.165, 1.54) is 6.07 Å². The first-order valence-corrected chi connectivity index (χ1v) is 7.30. The molecule has 1 aromatic carbocycles. The molecule has 4 unspecified atom stereocenters. The minimum Gasteiger partial charge on any atom is -0.274 e. The Bertz CT molecular complexity index is 725. The van der Waals surface area contributed by atoms with Gasteiger partial charge in [0.2, 0.25) is 11.8 Å². The lowest BCUT2D eigenvalue weighted by molar-refractivity contribution is -0.385. The highest BCUT2D eigenvalue weighted by atomic mass is 16.6. The summed E-state index contributed by atoms with van der Waals surface area (Å²) in [5, 5.41) is 11.1. The van der Waals surface area contributed by atoms with E-state index in [0.29, 0.717) is 11.3 Å². The van der Waals surface area contributed by atoms with Crippen molar-refractivity contribution in [2.24, 2.45) is 23.7 Å². The van der Waals surface area contributed by atoms with Crippen LogP contribution in [-0.4, -0.2) is 16.7 Å². The van der Waals surface area contributed by atoms with E-state index in [4.69, 9.17) is 0 Å². The summed E-state index contributed by atoms with van der Waals surface area (Å²) in [5.74, 6) is -0.741. The van der Waals surface area contributed by atoms with E-state index in [0.717, 1.165) is 11.3 Å². The van der Waals surface area contributed by atoms with Crippen molar-refractivity contribution in [2.75, 3.05) is 4.90 Å². The van der Waals surface area contributed by atoms with Crippen molar-refractivity contribution < 1.29 is 14.5 Å². The fourth-order valence-electron chi connectivity index (χ4n) is 4.09. The number of allylic oxidation sites excluding steroid dienone is 2. The van der Waals surface area contributed by atoms with Crippen LogP contribution in [0.2, 0.25) is 0 Å². The third-order valence-electron chi connectivity index (χ3n) is 5.12. The monoisotopic (exact) mass is 298 g/mol. The Kier molecular flexibility index (Phi) is 2.55. The van der Waals surface area contributed by atoms with Crippen LogP contribution in [0.15, 0.2) is 30.4 Å². The number of carbonyl (C=O) groups is 2. The van der Waals surface area contributed by atoms with Gasteiger partial charge in [-0.15, -0.1) is 0 Å². The average Bonchev–Trinajstić information content (AvgIpc) is 3.14. The van der Waals surface area contributed by atoms with Crippen LogP contribution in [-0.2, 0) is 9.59 Å². The number of hydrogen-bond donors (Lipinski definition) is 0. The zero-order chi connectivity index (χ0) is 15.6. The first-order chi connectivity index (χ1) is 10.5. The number of nitro benzene ring substituents is 1. The van der Waals surface area contributed by atoms with E-state index in [9.17, 15) is 19.7 Å². The summed E-state index contributed by atoms with van der Waals surface area (Å²) < 4.78 is 0. The topological polar surface area (TPSA) is 80.5 Å². The van der Waals surface area contributed by atoms with Gasteiger partial charge in [-0.2, -0.15) is 0 Å². The van der Waals surface area contributed by atoms with Gasteiger partial charge in [0.05, 0.1) is 22.4 Å². The van der Waals surface area contributed by atoms with Crippen molar-refractivity contribution in [3.63, 3.8) is 0 Å². The van der Waals surface area contributed by atoms with E-state index in [1.54, 1.807) is 19.1 Å². The molecule has 6 nitrogen and oxygen atoms in total. The minimum atomic E-state index is -0.490. The average molecular weight is 298 g/mol. The van der Waals surface area contributed by atoms with Crippen molar-refractivity contribution in [1.82, 2.24) is 0 Å². The number of imide groups is 1. The molecule has 1 heterocycles. The highest BCUT2D eigenvalue weighted by Gasteiger charge is 2.59. The maximum absolute atomic E-state index is 12.7. The zero-order valence-electron chi connectivity index (χ0n) is 11.9. The molecule has 1 saturated carbocycles. The lowest BCUT2D eigenvalue weighted by Gasteiger charge is -2.17. The largest absolute Gasteiger partial charge is 0.274 e. The fourth-order valence-corrected chi connectivity index (χ4v) is 4.09. The molecule has 1 aromatic rings. The summed E-state index contributed by atoms with van der Waals surface area (Å²) in [4.78, 5) is 37.0. The number of aryl methyl sites for hydroxylation is 1. The second-order valence-electron chi connectivity index (χ2n) is 6.24. The zero-order valence-corrected chi connectivity index (χ0v) is 11.9. The summed E-state index contributed by atoms with van der Waals surface area (Å²) in [7, 11) is 0. The van der Waals surface area contributed by atoms with Crippen LogP contribution in [0.3, 0.4) is 0 Å². The van der Waals surface area contributed by atoms with Crippen LogP contribution < -0.4 is 4.90 Å². The Morgan fingerprint density at radius 2 is 1.73 bits per heavy atom. The minimum absolute atomic E-state index is 0.0729. The molecule has 2 aliphatic carbocycles. The number of nitro groups is 1. The van der Waals surface area contributed by atoms with E-state index in [2.05, 4.69) is 0 Å². The van der Waals surface area contributed by atoms with Gasteiger partial charge in [0, 0.05) is 11.6 Å². The van der Waals surface area contributed by atoms with Crippen molar-refractivity contribution >= 4 is 23.2 Å². The molecular weight excluding hydrogens is 284 g/mol. The summed E-state index contributed by atoms with van der Waals surface area (Å²) >= 11 is 0. The molecule has 1 aliphatic heterocycles. The van der Waals surface area contributed by atoms with Gasteiger partial charge in [0.25, 0.3) is 5.69 Å². The third-order valence-corrected chi connectivity index (χ3v) is 5.12. The van der Waals surface area contributed by atoms with Crippen molar-refractivity contribution in [2.45, 2.75) is 13.3 Å². The van der Waals surface area contributed by atoms with Crippen molar-refractivity contribution in [3.8, 4) is 0 Å². The van der Waals surface area contributed by atoms with E-state index >= 15 is 0 Å². The smallest absolute Gasteiger partial charge is 0.274 e. The van der Waals surface area contributed by atoms with Gasteiger partial charge in [-0.25, -0.2) is 4.90 Å². The third kappa shape index (κ3) is 1.55. The van der Waals surface area contributed by atoms with E-state index < -0.39 is 4.92 Å². The number of carbonyl (C=O) groups excluding carboxylic acids is 2. The molecule has 2 amide bonds.